The predicted molar refractivity (Wildman–Crippen MR) is 311 cm³/mol. The van der Waals surface area contributed by atoms with Crippen molar-refractivity contribution in [2.24, 2.45) is 0 Å². The van der Waals surface area contributed by atoms with E-state index < -0.39 is 0 Å². The maximum absolute atomic E-state index is 6.33. The molecule has 8 heteroatoms. The number of benzene rings is 6. The summed E-state index contributed by atoms with van der Waals surface area (Å²) in [5.74, 6) is 3.93. The highest BCUT2D eigenvalue weighted by Gasteiger charge is 2.25. The molecule has 0 N–H and O–H groups in total. The first-order chi connectivity index (χ1) is 36.6. The second-order valence-electron chi connectivity index (χ2n) is 24.2. The molecule has 12 rings (SSSR count). The maximum atomic E-state index is 6.33. The number of rotatable bonds is 10. The molecule has 0 radical (unpaired) electrons. The molecule has 0 unspecified atom stereocenters. The van der Waals surface area contributed by atoms with Crippen molar-refractivity contribution in [3.8, 4) is 45.8 Å². The van der Waals surface area contributed by atoms with Gasteiger partial charge >= 0.3 is 0 Å². The van der Waals surface area contributed by atoms with Crippen molar-refractivity contribution in [2.45, 2.75) is 182 Å². The van der Waals surface area contributed by atoms with E-state index in [1.165, 1.54) is 109 Å². The van der Waals surface area contributed by atoms with E-state index in [9.17, 15) is 0 Å². The van der Waals surface area contributed by atoms with Crippen molar-refractivity contribution in [1.29, 1.82) is 0 Å². The first kappa shape index (κ1) is 51.3. The minimum Gasteiger partial charge on any atom is -0.436 e. The average molecular weight is 1010 g/mol. The van der Waals surface area contributed by atoms with Crippen LogP contribution >= 0.6 is 0 Å². The zero-order chi connectivity index (χ0) is 52.9. The summed E-state index contributed by atoms with van der Waals surface area (Å²) in [6.45, 7) is 22.1. The number of hydrogen-bond donors (Lipinski definition) is 0. The molecule has 0 saturated heterocycles. The van der Waals surface area contributed by atoms with Crippen molar-refractivity contribution in [3.63, 3.8) is 0 Å². The zero-order valence-corrected chi connectivity index (χ0v) is 46.7. The second-order valence-corrected chi connectivity index (χ2v) is 24.2. The summed E-state index contributed by atoms with van der Waals surface area (Å²) in [4.78, 5) is 19.4. The minimum atomic E-state index is 0.0603. The number of fused-ring (bicyclic) bond motifs is 4. The van der Waals surface area contributed by atoms with Crippen LogP contribution in [0.15, 0.2) is 115 Å². The largest absolute Gasteiger partial charge is 0.436 e. The van der Waals surface area contributed by atoms with Gasteiger partial charge in [-0.15, -0.1) is 0 Å². The van der Waals surface area contributed by atoms with E-state index in [0.29, 0.717) is 35.4 Å². The Morgan fingerprint density at radius 2 is 0.684 bits per heavy atom. The standard InChI is InChI=1S/C38H44N2O2.C30H32N2O2/c1-3-11-29-21-35-33(23-31(29)25-13-7-5-8-14-25)39-37(41-35)27-17-19-28(20-18-27)38-40-34-24-32(26-15-9-6-10-16-26)30(12-4-2)22-36(34)42-38;1-17-13-25-23(15-21(17)29(3,4)5)31-27(33-25)19-9-11-20(12-10-19)28-32-24-16-22(30(6,7)8)18(2)14-26(24)34-28/h17-26H,3-16H2,1-2H3;9-16H,1-8H3. The molecule has 4 aromatic heterocycles. The predicted octanol–water partition coefficient (Wildman–Crippen LogP) is 19.8. The third-order valence-electron chi connectivity index (χ3n) is 16.3. The Kier molecular flexibility index (Phi) is 14.2. The lowest BCUT2D eigenvalue weighted by atomic mass is 9.81. The summed E-state index contributed by atoms with van der Waals surface area (Å²) in [5.41, 5.74) is 22.0. The van der Waals surface area contributed by atoms with Gasteiger partial charge in [0.1, 0.15) is 22.1 Å². The van der Waals surface area contributed by atoms with Crippen LogP contribution in [0, 0.1) is 13.8 Å². The van der Waals surface area contributed by atoms with E-state index in [2.05, 4.69) is 142 Å². The van der Waals surface area contributed by atoms with Crippen molar-refractivity contribution < 1.29 is 17.7 Å². The normalized spacial score (nSPS) is 15.1. The molecule has 2 aliphatic carbocycles. The van der Waals surface area contributed by atoms with E-state index >= 15 is 0 Å². The number of oxazole rings is 4. The summed E-state index contributed by atoms with van der Waals surface area (Å²) in [7, 11) is 0. The van der Waals surface area contributed by atoms with Crippen molar-refractivity contribution in [3.05, 3.63) is 142 Å². The maximum Gasteiger partial charge on any atom is 0.227 e. The number of aryl methyl sites for hydroxylation is 4. The molecule has 0 bridgehead atoms. The number of nitrogens with zero attached hydrogens (tertiary/aromatic N) is 4. The van der Waals surface area contributed by atoms with Crippen LogP contribution in [0.1, 0.15) is 189 Å². The molecule has 6 aromatic carbocycles. The number of hydrogen-bond acceptors (Lipinski definition) is 8. The molecular formula is C68H76N4O4. The van der Waals surface area contributed by atoms with E-state index in [0.717, 1.165) is 92.3 Å². The highest BCUT2D eigenvalue weighted by atomic mass is 16.4. The summed E-state index contributed by atoms with van der Waals surface area (Å²) < 4.78 is 24.9. The molecule has 0 atom stereocenters. The molecule has 10 aromatic rings. The van der Waals surface area contributed by atoms with Gasteiger partial charge in [-0.05, 0) is 217 Å². The molecule has 76 heavy (non-hydrogen) atoms. The molecule has 2 saturated carbocycles. The van der Waals surface area contributed by atoms with E-state index in [1.54, 1.807) is 0 Å². The smallest absolute Gasteiger partial charge is 0.227 e. The van der Waals surface area contributed by atoms with Gasteiger partial charge in [0, 0.05) is 22.3 Å². The van der Waals surface area contributed by atoms with Crippen LogP contribution in [-0.4, -0.2) is 19.9 Å². The zero-order valence-electron chi connectivity index (χ0n) is 46.7. The molecular weight excluding hydrogens is 937 g/mol. The summed E-state index contributed by atoms with van der Waals surface area (Å²) in [6, 6.07) is 34.0. The second kappa shape index (κ2) is 21.0. The first-order valence-corrected chi connectivity index (χ1v) is 28.5. The van der Waals surface area contributed by atoms with Crippen LogP contribution in [0.2, 0.25) is 0 Å². The summed E-state index contributed by atoms with van der Waals surface area (Å²) in [5, 5.41) is 0. The van der Waals surface area contributed by atoms with Gasteiger partial charge < -0.3 is 17.7 Å². The third-order valence-corrected chi connectivity index (χ3v) is 16.3. The van der Waals surface area contributed by atoms with E-state index in [-0.39, 0.29) is 10.8 Å². The Morgan fingerprint density at radius 3 is 0.974 bits per heavy atom. The van der Waals surface area contributed by atoms with Crippen LogP contribution in [0.25, 0.3) is 90.2 Å². The van der Waals surface area contributed by atoms with Crippen LogP contribution in [0.3, 0.4) is 0 Å². The fraction of sp³-hybridized carbons (Fsp3) is 0.412. The topological polar surface area (TPSA) is 104 Å². The SMILES string of the molecule is CCCc1cc2oc(-c3ccc(-c4nc5cc(C6CCCCC6)c(CCC)cc5o4)cc3)nc2cc1C1CCCCC1.Cc1cc2oc(-c3ccc(-c4nc5cc(C(C)(C)C)c(C)cc5o4)cc3)nc2cc1C(C)(C)C. The van der Waals surface area contributed by atoms with Gasteiger partial charge in [0.15, 0.2) is 22.3 Å². The third kappa shape index (κ3) is 10.5. The molecule has 0 amide bonds. The van der Waals surface area contributed by atoms with Gasteiger partial charge in [0.05, 0.1) is 0 Å². The highest BCUT2D eigenvalue weighted by molar-refractivity contribution is 5.82. The van der Waals surface area contributed by atoms with Crippen LogP contribution in [0.4, 0.5) is 0 Å². The van der Waals surface area contributed by atoms with Crippen LogP contribution in [0.5, 0.6) is 0 Å². The van der Waals surface area contributed by atoms with Crippen LogP contribution < -0.4 is 0 Å². The molecule has 4 heterocycles. The molecule has 2 fully saturated rings. The van der Waals surface area contributed by atoms with Gasteiger partial charge in [-0.2, -0.15) is 0 Å². The Hall–Kier alpha value is -6.80. The average Bonchev–Trinajstić information content (AvgIpc) is 4.25. The lowest BCUT2D eigenvalue weighted by molar-refractivity contribution is 0.441. The van der Waals surface area contributed by atoms with E-state index in [4.69, 9.17) is 37.6 Å². The van der Waals surface area contributed by atoms with Gasteiger partial charge in [0.2, 0.25) is 23.6 Å². The fourth-order valence-electron chi connectivity index (χ4n) is 12.4. The fourth-order valence-corrected chi connectivity index (χ4v) is 12.4. The van der Waals surface area contributed by atoms with Gasteiger partial charge in [-0.25, -0.2) is 19.9 Å². The number of aromatic nitrogens is 4. The van der Waals surface area contributed by atoms with Crippen molar-refractivity contribution >= 4 is 44.4 Å². The molecule has 0 spiro atoms. The Balaban J connectivity index is 0.000000166. The van der Waals surface area contributed by atoms with Crippen molar-refractivity contribution in [1.82, 2.24) is 19.9 Å². The monoisotopic (exact) mass is 1010 g/mol. The quantitative estimate of drug-likeness (QED) is 0.133. The molecule has 8 nitrogen and oxygen atoms in total. The minimum absolute atomic E-state index is 0.0603. The first-order valence-electron chi connectivity index (χ1n) is 28.5. The molecule has 0 aliphatic heterocycles. The molecule has 2 aliphatic rings. The molecule has 392 valence electrons. The van der Waals surface area contributed by atoms with Gasteiger partial charge in [-0.1, -0.05) is 107 Å². The van der Waals surface area contributed by atoms with Gasteiger partial charge in [-0.3, -0.25) is 0 Å². The lowest BCUT2D eigenvalue weighted by Crippen LogP contribution is -2.12. The van der Waals surface area contributed by atoms with Crippen molar-refractivity contribution in [2.75, 3.05) is 0 Å². The summed E-state index contributed by atoms with van der Waals surface area (Å²) >= 11 is 0. The Bertz CT molecular complexity index is 3430. The highest BCUT2D eigenvalue weighted by Crippen LogP contribution is 2.41. The Labute approximate surface area is 449 Å². The lowest BCUT2D eigenvalue weighted by Gasteiger charge is -2.24. The summed E-state index contributed by atoms with van der Waals surface area (Å²) in [6.07, 6.45) is 17.8. The van der Waals surface area contributed by atoms with Gasteiger partial charge in [0.25, 0.3) is 0 Å². The van der Waals surface area contributed by atoms with Crippen LogP contribution in [-0.2, 0) is 23.7 Å². The van der Waals surface area contributed by atoms with E-state index in [1.807, 2.05) is 24.3 Å². The Morgan fingerprint density at radius 1 is 0.395 bits per heavy atom.